The van der Waals surface area contributed by atoms with Crippen LogP contribution in [0.15, 0.2) is 22.7 Å². The van der Waals surface area contributed by atoms with E-state index >= 15 is 0 Å². The molecule has 0 aromatic heterocycles. The van der Waals surface area contributed by atoms with Gasteiger partial charge in [0.25, 0.3) is 5.91 Å². The Morgan fingerprint density at radius 2 is 1.95 bits per heavy atom. The Bertz CT molecular complexity index is 493. The molecule has 116 valence electrons. The third-order valence-electron chi connectivity index (χ3n) is 4.21. The van der Waals surface area contributed by atoms with Gasteiger partial charge >= 0.3 is 0 Å². The van der Waals surface area contributed by atoms with Gasteiger partial charge in [-0.15, -0.1) is 0 Å². The Morgan fingerprint density at radius 3 is 2.48 bits per heavy atom. The average molecular weight is 374 g/mol. The smallest absolute Gasteiger partial charge is 0.253 e. The lowest BCUT2D eigenvalue weighted by molar-refractivity contribution is 0.0615. The van der Waals surface area contributed by atoms with Crippen molar-refractivity contribution in [3.63, 3.8) is 0 Å². The maximum atomic E-state index is 12.6. The van der Waals surface area contributed by atoms with Gasteiger partial charge in [-0.3, -0.25) is 4.79 Å². The molecule has 0 bridgehead atoms. The highest BCUT2D eigenvalue weighted by Crippen LogP contribution is 2.23. The van der Waals surface area contributed by atoms with Crippen LogP contribution in [0.5, 0.6) is 0 Å². The van der Waals surface area contributed by atoms with Crippen molar-refractivity contribution in [2.24, 2.45) is 0 Å². The van der Waals surface area contributed by atoms with Gasteiger partial charge in [0.05, 0.1) is 0 Å². The van der Waals surface area contributed by atoms with E-state index in [4.69, 9.17) is 11.6 Å². The van der Waals surface area contributed by atoms with Crippen LogP contribution in [-0.4, -0.2) is 47.9 Å². The van der Waals surface area contributed by atoms with Crippen LogP contribution in [0.25, 0.3) is 0 Å². The Balaban J connectivity index is 2.03. The van der Waals surface area contributed by atoms with Gasteiger partial charge < -0.3 is 9.80 Å². The molecule has 0 N–H and O–H groups in total. The number of hydrogen-bond donors (Lipinski definition) is 0. The summed E-state index contributed by atoms with van der Waals surface area (Å²) in [6.07, 6.45) is 2.06. The molecule has 0 unspecified atom stereocenters. The van der Waals surface area contributed by atoms with Gasteiger partial charge in [-0.2, -0.15) is 0 Å². The summed E-state index contributed by atoms with van der Waals surface area (Å²) in [5.74, 6) is 0.0428. The number of likely N-dealkylation sites (tertiary alicyclic amines) is 1. The molecule has 3 nitrogen and oxygen atoms in total. The predicted octanol–water partition coefficient (Wildman–Crippen LogP) is 4.05. The molecular formula is C16H22BrClN2O. The zero-order chi connectivity index (χ0) is 15.6. The molecule has 0 atom stereocenters. The number of carbonyl (C=O) groups is 1. The van der Waals surface area contributed by atoms with E-state index in [1.807, 2.05) is 18.0 Å². The summed E-state index contributed by atoms with van der Waals surface area (Å²) in [5.41, 5.74) is 0.642. The van der Waals surface area contributed by atoms with E-state index in [0.717, 1.165) is 30.4 Å². The highest BCUT2D eigenvalue weighted by molar-refractivity contribution is 9.10. The summed E-state index contributed by atoms with van der Waals surface area (Å²) < 4.78 is 0.835. The van der Waals surface area contributed by atoms with Crippen molar-refractivity contribution in [3.05, 3.63) is 33.3 Å². The first-order valence-electron chi connectivity index (χ1n) is 7.36. The van der Waals surface area contributed by atoms with Gasteiger partial charge in [-0.05, 0) is 44.9 Å². The van der Waals surface area contributed by atoms with Crippen LogP contribution < -0.4 is 0 Å². The third kappa shape index (κ3) is 4.21. The zero-order valence-corrected chi connectivity index (χ0v) is 15.1. The van der Waals surface area contributed by atoms with Gasteiger partial charge in [-0.1, -0.05) is 27.5 Å². The summed E-state index contributed by atoms with van der Waals surface area (Å²) in [5, 5.41) is 0.579. The monoisotopic (exact) mass is 372 g/mol. The van der Waals surface area contributed by atoms with Crippen LogP contribution in [0.2, 0.25) is 5.02 Å². The summed E-state index contributed by atoms with van der Waals surface area (Å²) >= 11 is 9.42. The number of hydrogen-bond acceptors (Lipinski definition) is 2. The standard InChI is InChI=1S/C16H22BrClN2O/c1-11(2)20-6-4-15(5-7-20)19(3)16(21)12-8-13(17)10-14(18)9-12/h8-11,15H,4-7H2,1-3H3. The summed E-state index contributed by atoms with van der Waals surface area (Å²) in [6.45, 7) is 6.55. The number of amides is 1. The fourth-order valence-electron chi connectivity index (χ4n) is 2.84. The zero-order valence-electron chi connectivity index (χ0n) is 12.8. The van der Waals surface area contributed by atoms with Crippen molar-refractivity contribution in [1.29, 1.82) is 0 Å². The minimum absolute atomic E-state index is 0.0428. The second-order valence-electron chi connectivity index (χ2n) is 5.94. The molecule has 1 aliphatic rings. The number of piperidine rings is 1. The van der Waals surface area contributed by atoms with Crippen molar-refractivity contribution in [1.82, 2.24) is 9.80 Å². The third-order valence-corrected chi connectivity index (χ3v) is 4.88. The molecule has 2 rings (SSSR count). The van der Waals surface area contributed by atoms with E-state index in [9.17, 15) is 4.79 Å². The molecule has 21 heavy (non-hydrogen) atoms. The normalized spacial score (nSPS) is 17.2. The summed E-state index contributed by atoms with van der Waals surface area (Å²) in [4.78, 5) is 16.9. The van der Waals surface area contributed by atoms with Crippen LogP contribution >= 0.6 is 27.5 Å². The minimum Gasteiger partial charge on any atom is -0.339 e. The second kappa shape index (κ2) is 7.12. The highest BCUT2D eigenvalue weighted by atomic mass is 79.9. The van der Waals surface area contributed by atoms with Crippen molar-refractivity contribution < 1.29 is 4.79 Å². The largest absolute Gasteiger partial charge is 0.339 e. The molecule has 5 heteroatoms. The topological polar surface area (TPSA) is 23.6 Å². The van der Waals surface area contributed by atoms with Gasteiger partial charge in [0.2, 0.25) is 0 Å². The lowest BCUT2D eigenvalue weighted by Crippen LogP contribution is -2.47. The van der Waals surface area contributed by atoms with Gasteiger partial charge in [0.1, 0.15) is 0 Å². The lowest BCUT2D eigenvalue weighted by atomic mass is 10.0. The van der Waals surface area contributed by atoms with E-state index in [2.05, 4.69) is 34.7 Å². The number of halogens is 2. The highest BCUT2D eigenvalue weighted by Gasteiger charge is 2.27. The molecule has 0 radical (unpaired) electrons. The molecule has 1 amide bonds. The Hall–Kier alpha value is -0.580. The van der Waals surface area contributed by atoms with Crippen LogP contribution in [0, 0.1) is 0 Å². The second-order valence-corrected chi connectivity index (χ2v) is 7.29. The lowest BCUT2D eigenvalue weighted by Gasteiger charge is -2.38. The van der Waals surface area contributed by atoms with E-state index in [1.165, 1.54) is 0 Å². The molecular weight excluding hydrogens is 352 g/mol. The van der Waals surface area contributed by atoms with E-state index in [0.29, 0.717) is 22.7 Å². The summed E-state index contributed by atoms with van der Waals surface area (Å²) in [7, 11) is 1.90. The van der Waals surface area contributed by atoms with E-state index in [1.54, 1.807) is 12.1 Å². The Kier molecular flexibility index (Phi) is 5.69. The Labute approximate surface area is 140 Å². The van der Waals surface area contributed by atoms with Crippen molar-refractivity contribution >= 4 is 33.4 Å². The fourth-order valence-corrected chi connectivity index (χ4v) is 3.70. The molecule has 1 heterocycles. The predicted molar refractivity (Wildman–Crippen MR) is 91.0 cm³/mol. The molecule has 0 saturated carbocycles. The van der Waals surface area contributed by atoms with Crippen LogP contribution in [-0.2, 0) is 0 Å². The fraction of sp³-hybridized carbons (Fsp3) is 0.562. The number of nitrogens with zero attached hydrogens (tertiary/aromatic N) is 2. The van der Waals surface area contributed by atoms with Crippen molar-refractivity contribution in [2.75, 3.05) is 20.1 Å². The van der Waals surface area contributed by atoms with Crippen molar-refractivity contribution in [3.8, 4) is 0 Å². The van der Waals surface area contributed by atoms with Gasteiger partial charge in [0.15, 0.2) is 0 Å². The average Bonchev–Trinajstić information content (AvgIpc) is 2.44. The SMILES string of the molecule is CC(C)N1CCC(N(C)C(=O)c2cc(Cl)cc(Br)c2)CC1. The minimum atomic E-state index is 0.0428. The number of benzene rings is 1. The first kappa shape index (κ1) is 16.8. The molecule has 1 saturated heterocycles. The molecule has 0 aliphatic carbocycles. The van der Waals surface area contributed by atoms with E-state index in [-0.39, 0.29) is 5.91 Å². The van der Waals surface area contributed by atoms with E-state index < -0.39 is 0 Å². The molecule has 1 aromatic rings. The molecule has 1 fully saturated rings. The molecule has 1 aliphatic heterocycles. The first-order valence-corrected chi connectivity index (χ1v) is 8.53. The first-order chi connectivity index (χ1) is 9.88. The maximum Gasteiger partial charge on any atom is 0.253 e. The molecule has 1 aromatic carbocycles. The maximum absolute atomic E-state index is 12.6. The number of rotatable bonds is 3. The van der Waals surface area contributed by atoms with Crippen LogP contribution in [0.3, 0.4) is 0 Å². The Morgan fingerprint density at radius 1 is 1.33 bits per heavy atom. The summed E-state index contributed by atoms with van der Waals surface area (Å²) in [6, 6.07) is 6.24. The quantitative estimate of drug-likeness (QED) is 0.798. The van der Waals surface area contributed by atoms with Crippen molar-refractivity contribution in [2.45, 2.75) is 38.8 Å². The van der Waals surface area contributed by atoms with Crippen LogP contribution in [0.1, 0.15) is 37.0 Å². The van der Waals surface area contributed by atoms with Gasteiger partial charge in [0, 0.05) is 47.3 Å². The number of carbonyl (C=O) groups excluding carboxylic acids is 1. The van der Waals surface area contributed by atoms with Gasteiger partial charge in [-0.25, -0.2) is 0 Å². The molecule has 0 spiro atoms. The van der Waals surface area contributed by atoms with Crippen LogP contribution in [0.4, 0.5) is 0 Å².